The SMILES string of the molecule is C[C@@H]1CCc2nc3ccc4ccccc4c3c(-c3ccc(O)c(O)c3)c2C1. The molecule has 0 saturated heterocycles. The minimum absolute atomic E-state index is 0.0877. The molecule has 4 aromatic rings. The number of hydrogen-bond donors (Lipinski definition) is 2. The van der Waals surface area contributed by atoms with Crippen molar-refractivity contribution in [3.63, 3.8) is 0 Å². The van der Waals surface area contributed by atoms with Crippen molar-refractivity contribution in [2.45, 2.75) is 26.2 Å². The maximum absolute atomic E-state index is 10.1. The van der Waals surface area contributed by atoms with E-state index in [1.807, 2.05) is 12.1 Å². The molecule has 3 nitrogen and oxygen atoms in total. The Bertz CT molecular complexity index is 1200. The molecule has 2 N–H and O–H groups in total. The van der Waals surface area contributed by atoms with Crippen LogP contribution in [0, 0.1) is 5.92 Å². The Kier molecular flexibility index (Phi) is 3.57. The quantitative estimate of drug-likeness (QED) is 0.346. The highest BCUT2D eigenvalue weighted by Crippen LogP contribution is 2.42. The first-order valence-corrected chi connectivity index (χ1v) is 9.47. The van der Waals surface area contributed by atoms with Gasteiger partial charge in [0.05, 0.1) is 5.52 Å². The van der Waals surface area contributed by atoms with E-state index < -0.39 is 0 Å². The lowest BCUT2D eigenvalue weighted by Gasteiger charge is -2.25. The Hall–Kier alpha value is -3.07. The molecule has 3 aromatic carbocycles. The second kappa shape index (κ2) is 5.98. The van der Waals surface area contributed by atoms with E-state index in [4.69, 9.17) is 4.98 Å². The van der Waals surface area contributed by atoms with Gasteiger partial charge in [0.2, 0.25) is 0 Å². The van der Waals surface area contributed by atoms with Gasteiger partial charge < -0.3 is 10.2 Å². The maximum Gasteiger partial charge on any atom is 0.158 e. The van der Waals surface area contributed by atoms with Crippen molar-refractivity contribution in [3.8, 4) is 22.6 Å². The normalized spacial score (nSPS) is 16.6. The van der Waals surface area contributed by atoms with E-state index >= 15 is 0 Å². The minimum Gasteiger partial charge on any atom is -0.504 e. The zero-order chi connectivity index (χ0) is 18.5. The second-order valence-corrected chi connectivity index (χ2v) is 7.64. The fourth-order valence-corrected chi connectivity index (χ4v) is 4.38. The van der Waals surface area contributed by atoms with Gasteiger partial charge in [0, 0.05) is 11.1 Å². The number of nitrogens with zero attached hydrogens (tertiary/aromatic N) is 1. The topological polar surface area (TPSA) is 53.4 Å². The van der Waals surface area contributed by atoms with Crippen molar-refractivity contribution >= 4 is 21.7 Å². The van der Waals surface area contributed by atoms with Crippen molar-refractivity contribution in [2.24, 2.45) is 5.92 Å². The van der Waals surface area contributed by atoms with E-state index in [0.717, 1.165) is 41.3 Å². The molecule has 1 heterocycles. The van der Waals surface area contributed by atoms with Gasteiger partial charge in [0.1, 0.15) is 0 Å². The summed E-state index contributed by atoms with van der Waals surface area (Å²) in [4.78, 5) is 5.01. The third-order valence-electron chi connectivity index (χ3n) is 5.75. The highest BCUT2D eigenvalue weighted by atomic mass is 16.3. The Labute approximate surface area is 157 Å². The van der Waals surface area contributed by atoms with Gasteiger partial charge in [-0.2, -0.15) is 0 Å². The molecule has 3 heteroatoms. The van der Waals surface area contributed by atoms with Crippen LogP contribution in [0.15, 0.2) is 54.6 Å². The largest absolute Gasteiger partial charge is 0.504 e. The summed E-state index contributed by atoms with van der Waals surface area (Å²) in [6.45, 7) is 2.29. The van der Waals surface area contributed by atoms with Gasteiger partial charge in [-0.25, -0.2) is 0 Å². The Morgan fingerprint density at radius 3 is 2.67 bits per heavy atom. The number of hydrogen-bond acceptors (Lipinski definition) is 3. The Balaban J connectivity index is 1.96. The second-order valence-electron chi connectivity index (χ2n) is 7.64. The molecule has 0 bridgehead atoms. The number of aromatic nitrogens is 1. The third-order valence-corrected chi connectivity index (χ3v) is 5.75. The summed E-state index contributed by atoms with van der Waals surface area (Å²) in [6.07, 6.45) is 3.12. The van der Waals surface area contributed by atoms with Crippen LogP contribution in [0.4, 0.5) is 0 Å². The summed E-state index contributed by atoms with van der Waals surface area (Å²) in [6, 6.07) is 17.7. The number of aryl methyl sites for hydroxylation is 1. The van der Waals surface area contributed by atoms with Crippen LogP contribution in [0.5, 0.6) is 11.5 Å². The molecule has 0 amide bonds. The summed E-state index contributed by atoms with van der Waals surface area (Å²) in [5.74, 6) is 0.427. The zero-order valence-electron chi connectivity index (χ0n) is 15.2. The molecule has 0 radical (unpaired) electrons. The van der Waals surface area contributed by atoms with E-state index in [-0.39, 0.29) is 11.5 Å². The van der Waals surface area contributed by atoms with Crippen LogP contribution in [0.25, 0.3) is 32.8 Å². The smallest absolute Gasteiger partial charge is 0.158 e. The van der Waals surface area contributed by atoms with Gasteiger partial charge in [-0.15, -0.1) is 0 Å². The molecule has 0 fully saturated rings. The molecule has 0 unspecified atom stereocenters. The molecular weight excluding hydrogens is 334 g/mol. The summed E-state index contributed by atoms with van der Waals surface area (Å²) >= 11 is 0. The van der Waals surface area contributed by atoms with Crippen LogP contribution in [0.3, 0.4) is 0 Å². The molecule has 1 atom stereocenters. The summed E-state index contributed by atoms with van der Waals surface area (Å²) in [5.41, 5.74) is 5.51. The predicted molar refractivity (Wildman–Crippen MR) is 109 cm³/mol. The lowest BCUT2D eigenvalue weighted by Crippen LogP contribution is -2.14. The first-order chi connectivity index (χ1) is 13.1. The number of phenols is 2. The van der Waals surface area contributed by atoms with Crippen LogP contribution in [-0.2, 0) is 12.8 Å². The van der Waals surface area contributed by atoms with E-state index in [2.05, 4.69) is 37.3 Å². The Morgan fingerprint density at radius 2 is 1.81 bits per heavy atom. The molecule has 27 heavy (non-hydrogen) atoms. The number of aromatic hydroxyl groups is 2. The Morgan fingerprint density at radius 1 is 0.963 bits per heavy atom. The molecule has 0 saturated carbocycles. The van der Waals surface area contributed by atoms with Crippen molar-refractivity contribution in [1.82, 2.24) is 4.98 Å². The molecular formula is C24H21NO2. The van der Waals surface area contributed by atoms with Gasteiger partial charge in [-0.1, -0.05) is 43.3 Å². The average Bonchev–Trinajstić information content (AvgIpc) is 2.68. The van der Waals surface area contributed by atoms with E-state index in [1.54, 1.807) is 12.1 Å². The first-order valence-electron chi connectivity index (χ1n) is 9.47. The van der Waals surface area contributed by atoms with Crippen LogP contribution < -0.4 is 0 Å². The van der Waals surface area contributed by atoms with E-state index in [1.165, 1.54) is 22.0 Å². The standard InChI is InChI=1S/C24H21NO2/c1-14-6-9-19-18(12-14)23(16-8-11-21(26)22(27)13-16)24-17-5-3-2-4-15(17)7-10-20(24)25-19/h2-5,7-8,10-11,13-14,26-27H,6,9,12H2,1H3/t14-/m1/s1. The monoisotopic (exact) mass is 355 g/mol. The molecule has 0 spiro atoms. The number of phenolic OH excluding ortho intramolecular Hbond substituents is 2. The minimum atomic E-state index is -0.0933. The van der Waals surface area contributed by atoms with E-state index in [0.29, 0.717) is 5.92 Å². The van der Waals surface area contributed by atoms with Crippen LogP contribution >= 0.6 is 0 Å². The first kappa shape index (κ1) is 16.1. The summed E-state index contributed by atoms with van der Waals surface area (Å²) < 4.78 is 0. The molecule has 1 aliphatic rings. The predicted octanol–water partition coefficient (Wildman–Crippen LogP) is 5.59. The van der Waals surface area contributed by atoms with Crippen molar-refractivity contribution in [3.05, 3.63) is 65.9 Å². The number of fused-ring (bicyclic) bond motifs is 4. The molecule has 5 rings (SSSR count). The van der Waals surface area contributed by atoms with Gasteiger partial charge in [0.25, 0.3) is 0 Å². The van der Waals surface area contributed by atoms with Crippen LogP contribution in [-0.4, -0.2) is 15.2 Å². The molecule has 0 aliphatic heterocycles. The van der Waals surface area contributed by atoms with Crippen molar-refractivity contribution < 1.29 is 10.2 Å². The van der Waals surface area contributed by atoms with E-state index in [9.17, 15) is 10.2 Å². The number of pyridine rings is 1. The lowest BCUT2D eigenvalue weighted by atomic mass is 9.81. The lowest BCUT2D eigenvalue weighted by molar-refractivity contribution is 0.404. The summed E-state index contributed by atoms with van der Waals surface area (Å²) in [5, 5.41) is 23.4. The molecule has 1 aliphatic carbocycles. The number of rotatable bonds is 1. The van der Waals surface area contributed by atoms with Crippen LogP contribution in [0.1, 0.15) is 24.6 Å². The highest BCUT2D eigenvalue weighted by Gasteiger charge is 2.24. The van der Waals surface area contributed by atoms with Gasteiger partial charge >= 0.3 is 0 Å². The molecule has 134 valence electrons. The molecule has 1 aromatic heterocycles. The summed E-state index contributed by atoms with van der Waals surface area (Å²) in [7, 11) is 0. The van der Waals surface area contributed by atoms with Gasteiger partial charge in [0.15, 0.2) is 11.5 Å². The van der Waals surface area contributed by atoms with Crippen molar-refractivity contribution in [2.75, 3.05) is 0 Å². The maximum atomic E-state index is 10.1. The fourth-order valence-electron chi connectivity index (χ4n) is 4.38. The van der Waals surface area contributed by atoms with Gasteiger partial charge in [-0.05, 0) is 70.8 Å². The third kappa shape index (κ3) is 2.54. The highest BCUT2D eigenvalue weighted by molar-refractivity contribution is 6.14. The zero-order valence-corrected chi connectivity index (χ0v) is 15.2. The van der Waals surface area contributed by atoms with Crippen LogP contribution in [0.2, 0.25) is 0 Å². The average molecular weight is 355 g/mol. The van der Waals surface area contributed by atoms with Gasteiger partial charge in [-0.3, -0.25) is 4.98 Å². The van der Waals surface area contributed by atoms with Crippen molar-refractivity contribution in [1.29, 1.82) is 0 Å². The fraction of sp³-hybridized carbons (Fsp3) is 0.208. The number of benzene rings is 3.